The molecule has 98 valence electrons. The molecule has 0 heterocycles. The van der Waals surface area contributed by atoms with Crippen LogP contribution < -0.4 is 0 Å². The fourth-order valence-corrected chi connectivity index (χ4v) is 2.54. The molecule has 0 aliphatic rings. The maximum absolute atomic E-state index is 9.29. The van der Waals surface area contributed by atoms with Crippen molar-refractivity contribution in [3.63, 3.8) is 0 Å². The van der Waals surface area contributed by atoms with Gasteiger partial charge in [-0.2, -0.15) is 5.26 Å². The van der Waals surface area contributed by atoms with Gasteiger partial charge >= 0.3 is 0 Å². The Morgan fingerprint density at radius 1 is 1.22 bits per heavy atom. The molecule has 0 radical (unpaired) electrons. The first-order valence-corrected chi connectivity index (χ1v) is 9.29. The lowest BCUT2D eigenvalue weighted by Gasteiger charge is -2.37. The number of nitriles is 1. The fourth-order valence-electron chi connectivity index (χ4n) is 1.28. The summed E-state index contributed by atoms with van der Waals surface area (Å²) in [6.45, 7) is 10.8. The van der Waals surface area contributed by atoms with Gasteiger partial charge in [0.25, 0.3) is 0 Å². The maximum atomic E-state index is 9.29. The SMILES string of the molecule is CC(C)(C)[Si](C)(C)OC(C#N)c1ccc(Cl)cc1. The summed E-state index contributed by atoms with van der Waals surface area (Å²) in [6, 6.07) is 9.51. The highest BCUT2D eigenvalue weighted by Gasteiger charge is 2.39. The summed E-state index contributed by atoms with van der Waals surface area (Å²) in [5.74, 6) is 0. The summed E-state index contributed by atoms with van der Waals surface area (Å²) in [5.41, 5.74) is 0.867. The lowest BCUT2D eigenvalue weighted by molar-refractivity contribution is 0.236. The van der Waals surface area contributed by atoms with Gasteiger partial charge in [0.05, 0.1) is 6.07 Å². The predicted molar refractivity (Wildman–Crippen MR) is 78.1 cm³/mol. The smallest absolute Gasteiger partial charge is 0.194 e. The van der Waals surface area contributed by atoms with E-state index in [9.17, 15) is 5.26 Å². The van der Waals surface area contributed by atoms with Crippen molar-refractivity contribution in [2.45, 2.75) is 45.0 Å². The number of halogens is 1. The van der Waals surface area contributed by atoms with E-state index in [0.29, 0.717) is 5.02 Å². The minimum absolute atomic E-state index is 0.0918. The highest BCUT2D eigenvalue weighted by Crippen LogP contribution is 2.39. The summed E-state index contributed by atoms with van der Waals surface area (Å²) < 4.78 is 6.11. The van der Waals surface area contributed by atoms with Crippen molar-refractivity contribution in [3.8, 4) is 6.07 Å². The largest absolute Gasteiger partial charge is 0.398 e. The molecule has 0 saturated carbocycles. The van der Waals surface area contributed by atoms with Gasteiger partial charge in [-0.05, 0) is 35.8 Å². The summed E-state index contributed by atoms with van der Waals surface area (Å²) >= 11 is 5.85. The second kappa shape index (κ2) is 5.44. The number of hydrogen-bond acceptors (Lipinski definition) is 2. The number of benzene rings is 1. The zero-order valence-electron chi connectivity index (χ0n) is 11.6. The number of nitrogens with zero attached hydrogens (tertiary/aromatic N) is 1. The minimum atomic E-state index is -1.94. The predicted octanol–water partition coefficient (Wildman–Crippen LogP) is 4.93. The van der Waals surface area contributed by atoms with Crippen molar-refractivity contribution < 1.29 is 4.43 Å². The quantitative estimate of drug-likeness (QED) is 0.736. The standard InChI is InChI=1S/C14H20ClNOSi/c1-14(2,3)18(4,5)17-13(10-16)11-6-8-12(15)9-7-11/h6-9,13H,1-5H3. The number of rotatable bonds is 3. The van der Waals surface area contributed by atoms with Crippen molar-refractivity contribution >= 4 is 19.9 Å². The second-order valence-corrected chi connectivity index (χ2v) is 11.1. The molecule has 1 aromatic rings. The van der Waals surface area contributed by atoms with Gasteiger partial charge < -0.3 is 4.43 Å². The van der Waals surface area contributed by atoms with Crippen LogP contribution in [0.4, 0.5) is 0 Å². The van der Waals surface area contributed by atoms with E-state index in [1.807, 2.05) is 12.1 Å². The molecule has 4 heteroatoms. The van der Waals surface area contributed by atoms with Crippen LogP contribution in [0.15, 0.2) is 24.3 Å². The highest BCUT2D eigenvalue weighted by atomic mass is 35.5. The first-order chi connectivity index (χ1) is 8.17. The van der Waals surface area contributed by atoms with Gasteiger partial charge in [-0.1, -0.05) is 44.5 Å². The third-order valence-electron chi connectivity index (χ3n) is 3.51. The molecule has 2 nitrogen and oxygen atoms in total. The van der Waals surface area contributed by atoms with Crippen LogP contribution >= 0.6 is 11.6 Å². The van der Waals surface area contributed by atoms with Crippen molar-refractivity contribution in [2.24, 2.45) is 0 Å². The molecule has 0 spiro atoms. The fraction of sp³-hybridized carbons (Fsp3) is 0.500. The van der Waals surface area contributed by atoms with E-state index >= 15 is 0 Å². The van der Waals surface area contributed by atoms with Crippen molar-refractivity contribution in [1.29, 1.82) is 5.26 Å². The zero-order chi connectivity index (χ0) is 14.0. The Bertz CT molecular complexity index is 442. The molecular weight excluding hydrogens is 262 g/mol. The second-order valence-electron chi connectivity index (χ2n) is 5.94. The Hall–Kier alpha value is -0.823. The molecule has 1 aromatic carbocycles. The van der Waals surface area contributed by atoms with E-state index in [-0.39, 0.29) is 5.04 Å². The zero-order valence-corrected chi connectivity index (χ0v) is 13.4. The molecule has 1 atom stereocenters. The Labute approximate surface area is 116 Å². The van der Waals surface area contributed by atoms with E-state index in [1.165, 1.54) is 0 Å². The van der Waals surface area contributed by atoms with Crippen molar-refractivity contribution in [3.05, 3.63) is 34.9 Å². The molecule has 1 rings (SSSR count). The van der Waals surface area contributed by atoms with Crippen LogP contribution in [0.3, 0.4) is 0 Å². The third-order valence-corrected chi connectivity index (χ3v) is 8.20. The van der Waals surface area contributed by atoms with Gasteiger partial charge in [-0.3, -0.25) is 0 Å². The third kappa shape index (κ3) is 3.58. The Balaban J connectivity index is 2.94. The van der Waals surface area contributed by atoms with Crippen LogP contribution in [0.25, 0.3) is 0 Å². The van der Waals surface area contributed by atoms with E-state index < -0.39 is 14.4 Å². The van der Waals surface area contributed by atoms with E-state index in [2.05, 4.69) is 39.9 Å². The molecule has 0 aliphatic heterocycles. The Kier molecular flexibility index (Phi) is 4.60. The molecule has 1 unspecified atom stereocenters. The lowest BCUT2D eigenvalue weighted by atomic mass is 10.1. The first kappa shape index (κ1) is 15.2. The molecule has 0 fully saturated rings. The van der Waals surface area contributed by atoms with E-state index in [4.69, 9.17) is 16.0 Å². The topological polar surface area (TPSA) is 33.0 Å². The van der Waals surface area contributed by atoms with Crippen LogP contribution in [0.1, 0.15) is 32.4 Å². The van der Waals surface area contributed by atoms with Crippen LogP contribution in [-0.4, -0.2) is 8.32 Å². The van der Waals surface area contributed by atoms with Crippen LogP contribution in [0.5, 0.6) is 0 Å². The van der Waals surface area contributed by atoms with Gasteiger partial charge in [0.1, 0.15) is 0 Å². The average Bonchev–Trinajstić information content (AvgIpc) is 2.25. The number of hydrogen-bond donors (Lipinski definition) is 0. The maximum Gasteiger partial charge on any atom is 0.194 e. The molecule has 0 aromatic heterocycles. The molecule has 0 saturated heterocycles. The van der Waals surface area contributed by atoms with Crippen LogP contribution in [0.2, 0.25) is 23.2 Å². The minimum Gasteiger partial charge on any atom is -0.398 e. The van der Waals surface area contributed by atoms with Crippen LogP contribution in [-0.2, 0) is 4.43 Å². The van der Waals surface area contributed by atoms with Crippen molar-refractivity contribution in [1.82, 2.24) is 0 Å². The van der Waals surface area contributed by atoms with Gasteiger partial charge in [-0.25, -0.2) is 0 Å². The Morgan fingerprint density at radius 3 is 2.11 bits per heavy atom. The summed E-state index contributed by atoms with van der Waals surface area (Å²) in [6.07, 6.45) is -0.511. The average molecular weight is 282 g/mol. The first-order valence-electron chi connectivity index (χ1n) is 6.00. The molecular formula is C14H20ClNOSi. The van der Waals surface area contributed by atoms with E-state index in [0.717, 1.165) is 5.56 Å². The van der Waals surface area contributed by atoms with Crippen LogP contribution in [0, 0.1) is 11.3 Å². The normalized spacial score (nSPS) is 14.1. The summed E-state index contributed by atoms with van der Waals surface area (Å²) in [7, 11) is -1.94. The summed E-state index contributed by atoms with van der Waals surface area (Å²) in [5, 5.41) is 10.1. The Morgan fingerprint density at radius 2 is 1.72 bits per heavy atom. The monoisotopic (exact) mass is 281 g/mol. The molecule has 18 heavy (non-hydrogen) atoms. The molecule has 0 amide bonds. The molecule has 0 bridgehead atoms. The van der Waals surface area contributed by atoms with Crippen molar-refractivity contribution in [2.75, 3.05) is 0 Å². The molecule has 0 N–H and O–H groups in total. The van der Waals surface area contributed by atoms with Gasteiger partial charge in [0, 0.05) is 5.02 Å². The van der Waals surface area contributed by atoms with Gasteiger partial charge in [-0.15, -0.1) is 0 Å². The van der Waals surface area contributed by atoms with Gasteiger partial charge in [0.2, 0.25) is 0 Å². The van der Waals surface area contributed by atoms with E-state index in [1.54, 1.807) is 12.1 Å². The lowest BCUT2D eigenvalue weighted by Crippen LogP contribution is -2.41. The van der Waals surface area contributed by atoms with Gasteiger partial charge in [0.15, 0.2) is 14.4 Å². The summed E-state index contributed by atoms with van der Waals surface area (Å²) in [4.78, 5) is 0. The highest BCUT2D eigenvalue weighted by molar-refractivity contribution is 6.74. The molecule has 0 aliphatic carbocycles.